The highest BCUT2D eigenvalue weighted by Crippen LogP contribution is 2.21. The Labute approximate surface area is 127 Å². The van der Waals surface area contributed by atoms with Crippen LogP contribution in [0.25, 0.3) is 0 Å². The molecule has 3 N–H and O–H groups in total. The van der Waals surface area contributed by atoms with Gasteiger partial charge in [0.2, 0.25) is 5.91 Å². The summed E-state index contributed by atoms with van der Waals surface area (Å²) < 4.78 is 4.66. The van der Waals surface area contributed by atoms with Gasteiger partial charge in [-0.2, -0.15) is 11.8 Å². The van der Waals surface area contributed by atoms with Gasteiger partial charge in [0.15, 0.2) is 0 Å². The number of hydrogen-bond donors (Lipinski definition) is 2. The number of nitrogens with one attached hydrogen (secondary N) is 1. The maximum atomic E-state index is 11.9. The van der Waals surface area contributed by atoms with Crippen molar-refractivity contribution >= 4 is 40.9 Å². The molecule has 1 atom stereocenters. The van der Waals surface area contributed by atoms with Crippen LogP contribution in [0.1, 0.15) is 16.8 Å². The number of ether oxygens (including phenoxy) is 1. The number of hydrogen-bond acceptors (Lipinski definition) is 5. The first kappa shape index (κ1) is 16.8. The molecule has 0 unspecified atom stereocenters. The van der Waals surface area contributed by atoms with Crippen molar-refractivity contribution in [2.75, 3.05) is 24.4 Å². The smallest absolute Gasteiger partial charge is 0.340 e. The highest BCUT2D eigenvalue weighted by Gasteiger charge is 2.18. The molecule has 1 amide bonds. The monoisotopic (exact) mass is 316 g/mol. The SMILES string of the molecule is COC(=O)c1cc(Cl)ccc1NC(=O)[C@@H](N)CCSC. The van der Waals surface area contributed by atoms with Crippen LogP contribution in [0.4, 0.5) is 5.69 Å². The van der Waals surface area contributed by atoms with Crippen LogP contribution in [0.3, 0.4) is 0 Å². The molecule has 0 saturated heterocycles. The van der Waals surface area contributed by atoms with Crippen molar-refractivity contribution in [3.63, 3.8) is 0 Å². The Bertz CT molecular complexity index is 497. The molecule has 0 heterocycles. The molecule has 0 radical (unpaired) electrons. The lowest BCUT2D eigenvalue weighted by molar-refractivity contribution is -0.117. The average molecular weight is 317 g/mol. The molecule has 1 aromatic rings. The van der Waals surface area contributed by atoms with E-state index in [0.717, 1.165) is 5.75 Å². The van der Waals surface area contributed by atoms with Crippen molar-refractivity contribution < 1.29 is 14.3 Å². The fourth-order valence-corrected chi connectivity index (χ4v) is 2.17. The second-order valence-electron chi connectivity index (χ2n) is 4.06. The summed E-state index contributed by atoms with van der Waals surface area (Å²) in [5.41, 5.74) is 6.31. The number of methoxy groups -OCH3 is 1. The first-order valence-corrected chi connectivity index (χ1v) is 7.70. The number of carbonyl (C=O) groups is 2. The number of halogens is 1. The molecular weight excluding hydrogens is 300 g/mol. The van der Waals surface area contributed by atoms with Crippen molar-refractivity contribution in [3.8, 4) is 0 Å². The maximum absolute atomic E-state index is 11.9. The number of thioether (sulfide) groups is 1. The number of benzene rings is 1. The third-order valence-electron chi connectivity index (χ3n) is 2.61. The highest BCUT2D eigenvalue weighted by atomic mass is 35.5. The molecule has 0 aliphatic heterocycles. The number of carbonyl (C=O) groups excluding carboxylic acids is 2. The maximum Gasteiger partial charge on any atom is 0.340 e. The van der Waals surface area contributed by atoms with Crippen LogP contribution in [0, 0.1) is 0 Å². The zero-order valence-electron chi connectivity index (χ0n) is 11.3. The van der Waals surface area contributed by atoms with E-state index in [1.54, 1.807) is 23.9 Å². The van der Waals surface area contributed by atoms with Crippen LogP contribution in [0.15, 0.2) is 18.2 Å². The van der Waals surface area contributed by atoms with E-state index in [2.05, 4.69) is 10.1 Å². The summed E-state index contributed by atoms with van der Waals surface area (Å²) in [5, 5.41) is 3.01. The Kier molecular flexibility index (Phi) is 6.84. The van der Waals surface area contributed by atoms with Crippen molar-refractivity contribution in [1.29, 1.82) is 0 Å². The molecule has 7 heteroatoms. The van der Waals surface area contributed by atoms with Gasteiger partial charge in [-0.25, -0.2) is 4.79 Å². The number of nitrogens with two attached hydrogens (primary N) is 1. The summed E-state index contributed by atoms with van der Waals surface area (Å²) in [7, 11) is 1.26. The Balaban J connectivity index is 2.86. The summed E-state index contributed by atoms with van der Waals surface area (Å²) in [5.74, 6) is -0.119. The van der Waals surface area contributed by atoms with Gasteiger partial charge in [-0.05, 0) is 36.6 Å². The van der Waals surface area contributed by atoms with E-state index in [9.17, 15) is 9.59 Å². The van der Waals surface area contributed by atoms with Crippen molar-refractivity contribution in [3.05, 3.63) is 28.8 Å². The minimum Gasteiger partial charge on any atom is -0.465 e. The Morgan fingerprint density at radius 1 is 1.50 bits per heavy atom. The quantitative estimate of drug-likeness (QED) is 0.786. The van der Waals surface area contributed by atoms with E-state index < -0.39 is 12.0 Å². The van der Waals surface area contributed by atoms with Crippen LogP contribution in [0.5, 0.6) is 0 Å². The molecule has 1 rings (SSSR count). The molecule has 0 fully saturated rings. The fraction of sp³-hybridized carbons (Fsp3) is 0.385. The van der Waals surface area contributed by atoms with Crippen LogP contribution >= 0.6 is 23.4 Å². The van der Waals surface area contributed by atoms with Crippen molar-refractivity contribution in [2.45, 2.75) is 12.5 Å². The summed E-state index contributed by atoms with van der Waals surface area (Å²) in [6.07, 6.45) is 2.51. The van der Waals surface area contributed by atoms with E-state index in [1.165, 1.54) is 13.2 Å². The lowest BCUT2D eigenvalue weighted by atomic mass is 10.1. The van der Waals surface area contributed by atoms with E-state index in [4.69, 9.17) is 17.3 Å². The first-order valence-electron chi connectivity index (χ1n) is 5.92. The topological polar surface area (TPSA) is 81.4 Å². The minimum absolute atomic E-state index is 0.199. The third kappa shape index (κ3) is 4.70. The Morgan fingerprint density at radius 3 is 2.80 bits per heavy atom. The van der Waals surface area contributed by atoms with Crippen LogP contribution < -0.4 is 11.1 Å². The van der Waals surface area contributed by atoms with Gasteiger partial charge in [0.05, 0.1) is 24.4 Å². The molecule has 1 aromatic carbocycles. The predicted molar refractivity (Wildman–Crippen MR) is 82.4 cm³/mol. The fourth-order valence-electron chi connectivity index (χ4n) is 1.51. The molecule has 0 aliphatic carbocycles. The number of amides is 1. The zero-order chi connectivity index (χ0) is 15.1. The summed E-state index contributed by atoms with van der Waals surface area (Å²) in [6.45, 7) is 0. The molecular formula is C13H17ClN2O3S. The van der Waals surface area contributed by atoms with Gasteiger partial charge >= 0.3 is 5.97 Å². The lowest BCUT2D eigenvalue weighted by Gasteiger charge is -2.14. The van der Waals surface area contributed by atoms with Gasteiger partial charge in [-0.3, -0.25) is 4.79 Å². The second-order valence-corrected chi connectivity index (χ2v) is 5.48. The molecule has 5 nitrogen and oxygen atoms in total. The van der Waals surface area contributed by atoms with Gasteiger partial charge in [0.1, 0.15) is 0 Å². The molecule has 110 valence electrons. The van der Waals surface area contributed by atoms with Gasteiger partial charge < -0.3 is 15.8 Å². The van der Waals surface area contributed by atoms with Crippen molar-refractivity contribution in [2.24, 2.45) is 5.73 Å². The average Bonchev–Trinajstić information content (AvgIpc) is 2.45. The lowest BCUT2D eigenvalue weighted by Crippen LogP contribution is -2.36. The Morgan fingerprint density at radius 2 is 2.20 bits per heavy atom. The van der Waals surface area contributed by atoms with Crippen LogP contribution in [0.2, 0.25) is 5.02 Å². The third-order valence-corrected chi connectivity index (χ3v) is 3.49. The van der Waals surface area contributed by atoms with Crippen LogP contribution in [-0.2, 0) is 9.53 Å². The van der Waals surface area contributed by atoms with Crippen molar-refractivity contribution in [1.82, 2.24) is 0 Å². The number of esters is 1. The van der Waals surface area contributed by atoms with E-state index in [1.807, 2.05) is 6.26 Å². The van der Waals surface area contributed by atoms with Gasteiger partial charge in [-0.1, -0.05) is 11.6 Å². The minimum atomic E-state index is -0.622. The standard InChI is InChI=1S/C13H17ClN2O3S/c1-19-13(18)9-7-8(14)3-4-11(9)16-12(17)10(15)5-6-20-2/h3-4,7,10H,5-6,15H2,1-2H3,(H,16,17)/t10-/m0/s1. The number of rotatable bonds is 6. The summed E-state index contributed by atoms with van der Waals surface area (Å²) in [6, 6.07) is 3.95. The van der Waals surface area contributed by atoms with E-state index >= 15 is 0 Å². The molecule has 0 aromatic heterocycles. The molecule has 0 saturated carbocycles. The zero-order valence-corrected chi connectivity index (χ0v) is 12.9. The Hall–Kier alpha value is -1.24. The van der Waals surface area contributed by atoms with E-state index in [0.29, 0.717) is 17.1 Å². The van der Waals surface area contributed by atoms with E-state index in [-0.39, 0.29) is 11.5 Å². The first-order chi connectivity index (χ1) is 9.49. The summed E-state index contributed by atoms with van der Waals surface area (Å²) >= 11 is 7.45. The molecule has 0 spiro atoms. The largest absolute Gasteiger partial charge is 0.465 e. The van der Waals surface area contributed by atoms with Crippen LogP contribution in [-0.4, -0.2) is 37.0 Å². The van der Waals surface area contributed by atoms with Gasteiger partial charge in [0.25, 0.3) is 0 Å². The molecule has 0 bridgehead atoms. The number of anilines is 1. The highest BCUT2D eigenvalue weighted by molar-refractivity contribution is 7.98. The molecule has 0 aliphatic rings. The van der Waals surface area contributed by atoms with Gasteiger partial charge in [0, 0.05) is 5.02 Å². The second kappa shape index (κ2) is 8.14. The normalized spacial score (nSPS) is 11.8. The predicted octanol–water partition coefficient (Wildman–Crippen LogP) is 2.15. The summed E-state index contributed by atoms with van der Waals surface area (Å²) in [4.78, 5) is 23.6. The van der Waals surface area contributed by atoms with Gasteiger partial charge in [-0.15, -0.1) is 0 Å². The molecule has 20 heavy (non-hydrogen) atoms.